The van der Waals surface area contributed by atoms with Crippen LogP contribution in [0, 0.1) is 5.92 Å². The van der Waals surface area contributed by atoms with Crippen LogP contribution < -0.4 is 19.6 Å². The Balaban J connectivity index is 1.02. The van der Waals surface area contributed by atoms with Gasteiger partial charge in [-0.3, -0.25) is 0 Å². The number of allylic oxidation sites excluding steroid dienone is 4. The minimum absolute atomic E-state index is 0.0278. The van der Waals surface area contributed by atoms with Gasteiger partial charge in [0.05, 0.1) is 45.5 Å². The summed E-state index contributed by atoms with van der Waals surface area (Å²) >= 11 is 0. The lowest BCUT2D eigenvalue weighted by Crippen LogP contribution is -2.24. The number of fused-ring (bicyclic) bond motifs is 12. The van der Waals surface area contributed by atoms with Crippen LogP contribution in [0.5, 0.6) is 0 Å². The SMILES string of the molecule is CN1c2ccccc2N(c2ccc3c(-c4ccccc4-c4ccc5c(c4)C(C)(C)C4C=CC=CC54)c4cc(N5c6ccccc6N(C)c6ccccc65)ccc4c(-c4ccc5c(c4)C(C)(C)c4ccccc4-5)c3c2)c2ccccc21. The Labute approximate surface area is 469 Å². The summed E-state index contributed by atoms with van der Waals surface area (Å²) in [6.07, 6.45) is 9.32. The minimum Gasteiger partial charge on any atom is -0.341 e. The number of hydrogen-bond acceptors (Lipinski definition) is 4. The second-order valence-corrected chi connectivity index (χ2v) is 23.8. The molecule has 11 aromatic carbocycles. The van der Waals surface area contributed by atoms with Crippen LogP contribution >= 0.6 is 0 Å². The lowest BCUT2D eigenvalue weighted by Gasteiger charge is -2.39. The van der Waals surface area contributed by atoms with Crippen LogP contribution in [0.4, 0.5) is 56.9 Å². The third-order valence-electron chi connectivity index (χ3n) is 19.0. The van der Waals surface area contributed by atoms with E-state index < -0.39 is 0 Å². The van der Waals surface area contributed by atoms with Crippen molar-refractivity contribution in [2.75, 3.05) is 33.7 Å². The largest absolute Gasteiger partial charge is 0.341 e. The normalized spacial score (nSPS) is 17.4. The summed E-state index contributed by atoms with van der Waals surface area (Å²) in [4.78, 5) is 9.62. The number of anilines is 10. The van der Waals surface area contributed by atoms with Crippen LogP contribution in [0.25, 0.3) is 66.1 Å². The second kappa shape index (κ2) is 17.1. The molecule has 2 aliphatic heterocycles. The molecule has 0 spiro atoms. The van der Waals surface area contributed by atoms with Gasteiger partial charge >= 0.3 is 0 Å². The molecular formula is C76H60N4. The Kier molecular flexibility index (Phi) is 9.96. The molecule has 4 heteroatoms. The molecule has 384 valence electrons. The van der Waals surface area contributed by atoms with Crippen molar-refractivity contribution in [2.45, 2.75) is 44.4 Å². The summed E-state index contributed by atoms with van der Waals surface area (Å²) in [5.41, 5.74) is 26.9. The van der Waals surface area contributed by atoms with Crippen LogP contribution in [0.1, 0.15) is 55.9 Å². The molecule has 0 fully saturated rings. The summed E-state index contributed by atoms with van der Waals surface area (Å²) in [6, 6.07) is 82.9. The summed E-state index contributed by atoms with van der Waals surface area (Å²) in [6.45, 7) is 9.69. The van der Waals surface area contributed by atoms with Crippen LogP contribution in [-0.2, 0) is 10.8 Å². The van der Waals surface area contributed by atoms with Gasteiger partial charge < -0.3 is 19.6 Å². The van der Waals surface area contributed by atoms with E-state index in [4.69, 9.17) is 0 Å². The maximum Gasteiger partial charge on any atom is 0.0699 e. The molecule has 0 N–H and O–H groups in total. The Morgan fingerprint density at radius 2 is 0.787 bits per heavy atom. The monoisotopic (exact) mass is 1030 g/mol. The average molecular weight is 1030 g/mol. The molecule has 4 nitrogen and oxygen atoms in total. The van der Waals surface area contributed by atoms with Crippen LogP contribution in [0.15, 0.2) is 243 Å². The smallest absolute Gasteiger partial charge is 0.0699 e. The van der Waals surface area contributed by atoms with Gasteiger partial charge in [0.2, 0.25) is 0 Å². The van der Waals surface area contributed by atoms with E-state index in [9.17, 15) is 0 Å². The van der Waals surface area contributed by atoms with E-state index in [1.54, 1.807) is 0 Å². The second-order valence-electron chi connectivity index (χ2n) is 23.8. The molecule has 0 aromatic heterocycles. The van der Waals surface area contributed by atoms with Crippen LogP contribution in [0.3, 0.4) is 0 Å². The number of nitrogens with zero attached hydrogens (tertiary/aromatic N) is 4. The van der Waals surface area contributed by atoms with E-state index in [0.717, 1.165) is 34.1 Å². The highest BCUT2D eigenvalue weighted by Gasteiger charge is 2.45. The lowest BCUT2D eigenvalue weighted by atomic mass is 9.74. The molecule has 2 heterocycles. The highest BCUT2D eigenvalue weighted by molar-refractivity contribution is 6.24. The fourth-order valence-corrected chi connectivity index (χ4v) is 15.1. The van der Waals surface area contributed by atoms with Crippen molar-refractivity contribution in [2.24, 2.45) is 5.92 Å². The summed E-state index contributed by atoms with van der Waals surface area (Å²) in [7, 11) is 4.38. The molecule has 3 aliphatic carbocycles. The molecule has 2 unspecified atom stereocenters. The topological polar surface area (TPSA) is 13.0 Å². The molecule has 0 saturated carbocycles. The van der Waals surface area contributed by atoms with Crippen molar-refractivity contribution in [1.29, 1.82) is 0 Å². The van der Waals surface area contributed by atoms with E-state index >= 15 is 0 Å². The maximum atomic E-state index is 2.53. The van der Waals surface area contributed by atoms with Gasteiger partial charge in [0, 0.05) is 36.8 Å². The van der Waals surface area contributed by atoms with Crippen molar-refractivity contribution < 1.29 is 0 Å². The fraction of sp³-hybridized carbons (Fsp3) is 0.132. The lowest BCUT2D eigenvalue weighted by molar-refractivity contribution is 0.394. The maximum absolute atomic E-state index is 2.53. The van der Waals surface area contributed by atoms with Crippen molar-refractivity contribution in [1.82, 2.24) is 0 Å². The minimum atomic E-state index is -0.186. The number of benzene rings is 11. The standard InChI is InChI=1S/C76H60N4/c1-75(2)61-25-11-9-22-52(61)54-39-35-47(43-63(54)75)51-21-7-8-24-56(51)74-58-42-38-49(79-69-31-17-13-27-65(69)77(5)66-28-14-18-32-70(66)79)45-59(58)73(48-36-40-55-53-23-10-12-26-62(53)76(3,4)64(55)44-48)57-41-37-50(46-60(57)74)80-71-33-19-15-29-67(71)78(6)68-30-16-20-34-72(68)80/h7-46,52,61H,1-6H3. The molecule has 2 atom stereocenters. The molecular weight excluding hydrogens is 969 g/mol. The van der Waals surface area contributed by atoms with Gasteiger partial charge in [-0.2, -0.15) is 0 Å². The van der Waals surface area contributed by atoms with Gasteiger partial charge in [-0.1, -0.05) is 192 Å². The molecule has 0 radical (unpaired) electrons. The van der Waals surface area contributed by atoms with E-state index in [0.29, 0.717) is 11.8 Å². The first kappa shape index (κ1) is 46.7. The highest BCUT2D eigenvalue weighted by Crippen LogP contribution is 2.58. The molecule has 11 aromatic rings. The van der Waals surface area contributed by atoms with Gasteiger partial charge in [-0.15, -0.1) is 0 Å². The van der Waals surface area contributed by atoms with E-state index in [1.165, 1.54) is 111 Å². The van der Waals surface area contributed by atoms with Gasteiger partial charge in [0.1, 0.15) is 0 Å². The fourth-order valence-electron chi connectivity index (χ4n) is 15.1. The summed E-state index contributed by atoms with van der Waals surface area (Å²) in [5.74, 6) is 0.800. The first-order chi connectivity index (χ1) is 39.1. The van der Waals surface area contributed by atoms with Crippen LogP contribution in [-0.4, -0.2) is 14.1 Å². The van der Waals surface area contributed by atoms with Gasteiger partial charge in [-0.05, 0) is 179 Å². The molecule has 0 bridgehead atoms. The predicted octanol–water partition coefficient (Wildman–Crippen LogP) is 20.5. The zero-order chi connectivity index (χ0) is 53.8. The van der Waals surface area contributed by atoms with E-state index in [1.807, 2.05) is 0 Å². The quantitative estimate of drug-likeness (QED) is 0.159. The first-order valence-corrected chi connectivity index (χ1v) is 28.4. The highest BCUT2D eigenvalue weighted by atomic mass is 15.3. The van der Waals surface area contributed by atoms with Crippen molar-refractivity contribution in [3.63, 3.8) is 0 Å². The molecule has 0 amide bonds. The van der Waals surface area contributed by atoms with Gasteiger partial charge in [0.25, 0.3) is 0 Å². The third kappa shape index (κ3) is 6.51. The molecule has 0 saturated heterocycles. The molecule has 16 rings (SSSR count). The predicted molar refractivity (Wildman–Crippen MR) is 338 cm³/mol. The van der Waals surface area contributed by atoms with Crippen molar-refractivity contribution in [3.05, 3.63) is 265 Å². The zero-order valence-electron chi connectivity index (χ0n) is 46.0. The summed E-state index contributed by atoms with van der Waals surface area (Å²) in [5, 5.41) is 4.84. The Morgan fingerprint density at radius 3 is 1.38 bits per heavy atom. The average Bonchev–Trinajstić information content (AvgIpc) is 3.98. The van der Waals surface area contributed by atoms with E-state index in [-0.39, 0.29) is 10.8 Å². The Hall–Kier alpha value is -9.38. The molecule has 80 heavy (non-hydrogen) atoms. The Morgan fingerprint density at radius 1 is 0.338 bits per heavy atom. The van der Waals surface area contributed by atoms with Crippen molar-refractivity contribution in [3.8, 4) is 44.5 Å². The van der Waals surface area contributed by atoms with Gasteiger partial charge in [0.15, 0.2) is 0 Å². The van der Waals surface area contributed by atoms with Crippen LogP contribution in [0.2, 0.25) is 0 Å². The number of hydrogen-bond donors (Lipinski definition) is 0. The first-order valence-electron chi connectivity index (χ1n) is 28.4. The molecule has 5 aliphatic rings. The summed E-state index contributed by atoms with van der Waals surface area (Å²) < 4.78 is 0. The third-order valence-corrected chi connectivity index (χ3v) is 19.0. The number of rotatable bonds is 5. The number of para-hydroxylation sites is 8. The van der Waals surface area contributed by atoms with Crippen molar-refractivity contribution >= 4 is 78.4 Å². The van der Waals surface area contributed by atoms with E-state index in [2.05, 4.69) is 304 Å². The van der Waals surface area contributed by atoms with Gasteiger partial charge in [-0.25, -0.2) is 0 Å². The zero-order valence-corrected chi connectivity index (χ0v) is 46.0. The Bertz CT molecular complexity index is 4420.